The van der Waals surface area contributed by atoms with Crippen LogP contribution in [0.4, 0.5) is 39.5 Å². The van der Waals surface area contributed by atoms with Crippen molar-refractivity contribution >= 4 is 23.5 Å². The second-order valence-corrected chi connectivity index (χ2v) is 4.91. The van der Waals surface area contributed by atoms with Gasteiger partial charge in [-0.2, -0.15) is 39.5 Å². The van der Waals surface area contributed by atoms with Gasteiger partial charge in [0, 0.05) is 0 Å². The fourth-order valence-electron chi connectivity index (χ4n) is 1.32. The summed E-state index contributed by atoms with van der Waals surface area (Å²) in [5.41, 5.74) is 0. The van der Waals surface area contributed by atoms with E-state index in [0.29, 0.717) is 0 Å². The van der Waals surface area contributed by atoms with Crippen LogP contribution < -0.4 is 0 Å². The van der Waals surface area contributed by atoms with Gasteiger partial charge in [0.05, 0.1) is 13.2 Å². The Hall–Kier alpha value is -1.48. The Balaban J connectivity index is 2.93. The largest absolute Gasteiger partial charge is 0.460 e. The number of alkyl halides is 10. The molecular formula is C10H6ClF9O6. The van der Waals surface area contributed by atoms with E-state index in [1.807, 2.05) is 0 Å². The molecule has 0 aromatic rings. The lowest BCUT2D eigenvalue weighted by atomic mass is 10.1. The number of hydrogen-bond donors (Lipinski definition) is 0. The van der Waals surface area contributed by atoms with Crippen molar-refractivity contribution in [3.05, 3.63) is 0 Å². The van der Waals surface area contributed by atoms with Gasteiger partial charge in [-0.3, -0.25) is 0 Å². The summed E-state index contributed by atoms with van der Waals surface area (Å²) in [4.78, 5) is 21.9. The number of halogens is 10. The highest BCUT2D eigenvalue weighted by Crippen LogP contribution is 2.47. The molecule has 2 atom stereocenters. The summed E-state index contributed by atoms with van der Waals surface area (Å²) < 4.78 is 129. The predicted octanol–water partition coefficient (Wildman–Crippen LogP) is 2.44. The molecule has 152 valence electrons. The van der Waals surface area contributed by atoms with E-state index >= 15 is 0 Å². The Bertz CT molecular complexity index is 546. The zero-order valence-electron chi connectivity index (χ0n) is 11.8. The van der Waals surface area contributed by atoms with Crippen LogP contribution in [0.25, 0.3) is 0 Å². The minimum Gasteiger partial charge on any atom is -0.424 e. The molecule has 1 heterocycles. The van der Waals surface area contributed by atoms with Crippen LogP contribution in [-0.2, 0) is 28.5 Å². The lowest BCUT2D eigenvalue weighted by Crippen LogP contribution is -2.58. The molecule has 0 aromatic heterocycles. The number of esters is 2. The van der Waals surface area contributed by atoms with Crippen LogP contribution in [0.5, 0.6) is 0 Å². The second kappa shape index (κ2) is 7.26. The summed E-state index contributed by atoms with van der Waals surface area (Å²) >= 11 is 4.28. The first kappa shape index (κ1) is 22.6. The van der Waals surface area contributed by atoms with Crippen LogP contribution in [0.15, 0.2) is 0 Å². The van der Waals surface area contributed by atoms with Gasteiger partial charge in [-0.15, -0.1) is 0 Å². The molecule has 0 amide bonds. The van der Waals surface area contributed by atoms with E-state index in [1.54, 1.807) is 0 Å². The third kappa shape index (κ3) is 4.62. The molecule has 0 spiro atoms. The van der Waals surface area contributed by atoms with Gasteiger partial charge in [0.2, 0.25) is 0 Å². The van der Waals surface area contributed by atoms with Gasteiger partial charge in [-0.1, -0.05) is 0 Å². The first-order valence-electron chi connectivity index (χ1n) is 6.06. The van der Waals surface area contributed by atoms with E-state index in [4.69, 9.17) is 0 Å². The van der Waals surface area contributed by atoms with Gasteiger partial charge in [-0.05, 0) is 11.6 Å². The zero-order chi connectivity index (χ0) is 20.6. The highest BCUT2D eigenvalue weighted by Gasteiger charge is 2.77. The van der Waals surface area contributed by atoms with Crippen molar-refractivity contribution < 1.29 is 68.1 Å². The van der Waals surface area contributed by atoms with E-state index < -0.39 is 61.1 Å². The molecule has 6 nitrogen and oxygen atoms in total. The molecule has 0 radical (unpaired) electrons. The molecule has 1 aliphatic heterocycles. The monoisotopic (exact) mass is 428 g/mol. The second-order valence-electron chi connectivity index (χ2n) is 4.43. The first-order chi connectivity index (χ1) is 11.5. The zero-order valence-corrected chi connectivity index (χ0v) is 12.6. The number of hydrogen-bond acceptors (Lipinski definition) is 6. The lowest BCUT2D eigenvalue weighted by molar-refractivity contribution is -0.357. The first-order valence-corrected chi connectivity index (χ1v) is 6.44. The molecule has 0 aromatic carbocycles. The Morgan fingerprint density at radius 2 is 1.19 bits per heavy atom. The summed E-state index contributed by atoms with van der Waals surface area (Å²) in [7, 11) is 0. The maximum Gasteiger partial charge on any atom is 0.460 e. The summed E-state index contributed by atoms with van der Waals surface area (Å²) in [5.74, 6) is -19.2. The molecule has 1 fully saturated rings. The highest BCUT2D eigenvalue weighted by molar-refractivity contribution is 6.31. The smallest absolute Gasteiger partial charge is 0.424 e. The number of carbonyl (C=O) groups is 2. The van der Waals surface area contributed by atoms with Crippen molar-refractivity contribution in [2.24, 2.45) is 0 Å². The van der Waals surface area contributed by atoms with Crippen LogP contribution >= 0.6 is 11.6 Å². The van der Waals surface area contributed by atoms with E-state index in [9.17, 15) is 49.1 Å². The van der Waals surface area contributed by atoms with E-state index in [-0.39, 0.29) is 0 Å². The third-order valence-corrected chi connectivity index (χ3v) is 2.71. The van der Waals surface area contributed by atoms with Crippen molar-refractivity contribution in [3.63, 3.8) is 0 Å². The molecule has 1 aliphatic rings. The van der Waals surface area contributed by atoms with Gasteiger partial charge in [0.1, 0.15) is 0 Å². The molecule has 0 saturated carbocycles. The Morgan fingerprint density at radius 1 is 0.808 bits per heavy atom. The number of ether oxygens (including phenoxy) is 4. The lowest BCUT2D eigenvalue weighted by Gasteiger charge is -2.32. The molecule has 2 unspecified atom stereocenters. The van der Waals surface area contributed by atoms with E-state index in [0.717, 1.165) is 0 Å². The molecule has 0 N–H and O–H groups in total. The van der Waals surface area contributed by atoms with Crippen LogP contribution in [0.2, 0.25) is 0 Å². The van der Waals surface area contributed by atoms with Crippen LogP contribution in [0.1, 0.15) is 0 Å². The Morgan fingerprint density at radius 3 is 1.54 bits per heavy atom. The highest BCUT2D eigenvalue weighted by atomic mass is 35.5. The van der Waals surface area contributed by atoms with Crippen molar-refractivity contribution in [1.29, 1.82) is 0 Å². The van der Waals surface area contributed by atoms with E-state index in [2.05, 4.69) is 30.5 Å². The fourth-order valence-corrected chi connectivity index (χ4v) is 1.37. The van der Waals surface area contributed by atoms with Crippen molar-refractivity contribution in [2.45, 2.75) is 36.0 Å². The average Bonchev–Trinajstić information content (AvgIpc) is 2.46. The standard InChI is InChI=1S/C10H6ClF9O6/c11-8(14,15)6(22)26-4-3(23-1-2-24-4)25-5(21)7(12,13)9(16,17)10(18,19)20/h3-4H,1-2H2. The molecule has 0 bridgehead atoms. The van der Waals surface area contributed by atoms with Gasteiger partial charge in [-0.25, -0.2) is 9.59 Å². The molecule has 16 heteroatoms. The molecule has 26 heavy (non-hydrogen) atoms. The summed E-state index contributed by atoms with van der Waals surface area (Å²) in [6.07, 6.45) is -12.0. The van der Waals surface area contributed by atoms with Crippen LogP contribution in [0, 0.1) is 0 Å². The SMILES string of the molecule is O=C(OC1OCCOC1OC(=O)C(F)(F)C(F)(F)C(F)(F)F)C(F)(F)Cl. The molecular weight excluding hydrogens is 423 g/mol. The van der Waals surface area contributed by atoms with Gasteiger partial charge < -0.3 is 18.9 Å². The van der Waals surface area contributed by atoms with Crippen LogP contribution in [0.3, 0.4) is 0 Å². The van der Waals surface area contributed by atoms with Crippen molar-refractivity contribution in [2.75, 3.05) is 13.2 Å². The molecule has 0 aliphatic carbocycles. The van der Waals surface area contributed by atoms with Gasteiger partial charge in [0.15, 0.2) is 0 Å². The average molecular weight is 429 g/mol. The summed E-state index contributed by atoms with van der Waals surface area (Å²) in [6, 6.07) is 0. The van der Waals surface area contributed by atoms with Crippen molar-refractivity contribution in [3.8, 4) is 0 Å². The Labute approximate surface area is 142 Å². The third-order valence-electron chi connectivity index (χ3n) is 2.55. The van der Waals surface area contributed by atoms with Crippen molar-refractivity contribution in [1.82, 2.24) is 0 Å². The minimum absolute atomic E-state index is 0.533. The number of rotatable bonds is 5. The maximum atomic E-state index is 13.1. The Kier molecular flexibility index (Phi) is 6.30. The van der Waals surface area contributed by atoms with E-state index in [1.165, 1.54) is 0 Å². The number of carbonyl (C=O) groups excluding carboxylic acids is 2. The van der Waals surface area contributed by atoms with Gasteiger partial charge in [0.25, 0.3) is 12.6 Å². The minimum atomic E-state index is -6.83. The quantitative estimate of drug-likeness (QED) is 0.381. The maximum absolute atomic E-state index is 13.1. The van der Waals surface area contributed by atoms with Crippen LogP contribution in [-0.4, -0.2) is 61.1 Å². The fraction of sp³-hybridized carbons (Fsp3) is 0.800. The topological polar surface area (TPSA) is 71.1 Å². The molecule has 1 rings (SSSR count). The summed E-state index contributed by atoms with van der Waals surface area (Å²) in [5, 5.41) is -4.64. The summed E-state index contributed by atoms with van der Waals surface area (Å²) in [6.45, 7) is -1.14. The normalized spacial score (nSPS) is 22.7. The molecule has 1 saturated heterocycles. The van der Waals surface area contributed by atoms with Gasteiger partial charge >= 0.3 is 35.3 Å². The predicted molar refractivity (Wildman–Crippen MR) is 58.4 cm³/mol.